The van der Waals surface area contributed by atoms with Gasteiger partial charge in [-0.05, 0) is 31.2 Å². The summed E-state index contributed by atoms with van der Waals surface area (Å²) in [6, 6.07) is 9.88. The van der Waals surface area contributed by atoms with E-state index in [1.807, 2.05) is 31.3 Å². The van der Waals surface area contributed by atoms with Crippen LogP contribution >= 0.6 is 11.6 Å². The molecule has 0 aliphatic carbocycles. The molecule has 7 heteroatoms. The van der Waals surface area contributed by atoms with Gasteiger partial charge in [0, 0.05) is 67.6 Å². The third kappa shape index (κ3) is 4.40. The van der Waals surface area contributed by atoms with E-state index in [1.165, 1.54) is 5.69 Å². The van der Waals surface area contributed by atoms with Crippen molar-refractivity contribution in [1.82, 2.24) is 24.6 Å². The summed E-state index contributed by atoms with van der Waals surface area (Å²) in [5, 5.41) is 5.30. The molecule has 6 nitrogen and oxygen atoms in total. The Balaban J connectivity index is 1.32. The van der Waals surface area contributed by atoms with Gasteiger partial charge < -0.3 is 4.90 Å². The Morgan fingerprint density at radius 1 is 1.07 bits per heavy atom. The van der Waals surface area contributed by atoms with Gasteiger partial charge in [-0.2, -0.15) is 5.10 Å². The number of anilines is 1. The molecule has 3 heterocycles. The fourth-order valence-electron chi connectivity index (χ4n) is 3.34. The topological polar surface area (TPSA) is 50.1 Å². The van der Waals surface area contributed by atoms with Crippen molar-refractivity contribution in [3.8, 4) is 5.95 Å². The fourth-order valence-corrected chi connectivity index (χ4v) is 3.52. The Labute approximate surface area is 170 Å². The lowest BCUT2D eigenvalue weighted by Gasteiger charge is -2.35. The Morgan fingerprint density at radius 2 is 1.86 bits per heavy atom. The molecule has 4 rings (SSSR count). The van der Waals surface area contributed by atoms with Crippen molar-refractivity contribution in [2.75, 3.05) is 37.6 Å². The first kappa shape index (κ1) is 18.7. The summed E-state index contributed by atoms with van der Waals surface area (Å²) in [6.45, 7) is 7.02. The molecule has 0 N–H and O–H groups in total. The van der Waals surface area contributed by atoms with E-state index < -0.39 is 0 Å². The number of halogens is 1. The predicted octanol–water partition coefficient (Wildman–Crippen LogP) is 3.46. The largest absolute Gasteiger partial charge is 0.369 e. The highest BCUT2D eigenvalue weighted by atomic mass is 35.5. The summed E-state index contributed by atoms with van der Waals surface area (Å²) in [4.78, 5) is 13.3. The maximum absolute atomic E-state index is 6.11. The highest BCUT2D eigenvalue weighted by Crippen LogP contribution is 2.20. The number of hydrogen-bond acceptors (Lipinski definition) is 5. The molecule has 0 amide bonds. The first-order valence-corrected chi connectivity index (χ1v) is 9.80. The highest BCUT2D eigenvalue weighted by Gasteiger charge is 2.16. The quantitative estimate of drug-likeness (QED) is 0.663. The first-order chi connectivity index (χ1) is 13.7. The Kier molecular flexibility index (Phi) is 5.69. The summed E-state index contributed by atoms with van der Waals surface area (Å²) in [5.41, 5.74) is 3.26. The van der Waals surface area contributed by atoms with Crippen molar-refractivity contribution in [3.63, 3.8) is 0 Å². The molecule has 144 valence electrons. The maximum Gasteiger partial charge on any atom is 0.250 e. The molecule has 28 heavy (non-hydrogen) atoms. The summed E-state index contributed by atoms with van der Waals surface area (Å²) in [7, 11) is 0. The highest BCUT2D eigenvalue weighted by molar-refractivity contribution is 6.30. The van der Waals surface area contributed by atoms with Gasteiger partial charge in [-0.15, -0.1) is 0 Å². The number of benzene rings is 1. The molecule has 0 bridgehead atoms. The van der Waals surface area contributed by atoms with Gasteiger partial charge in [0.25, 0.3) is 0 Å². The third-order valence-electron chi connectivity index (χ3n) is 4.90. The zero-order valence-electron chi connectivity index (χ0n) is 15.9. The van der Waals surface area contributed by atoms with Gasteiger partial charge in [0.2, 0.25) is 5.95 Å². The van der Waals surface area contributed by atoms with Crippen LogP contribution < -0.4 is 4.90 Å². The van der Waals surface area contributed by atoms with Crippen LogP contribution in [0.4, 0.5) is 5.69 Å². The molecule has 1 aliphatic rings. The Hall–Kier alpha value is -2.70. The third-order valence-corrected chi connectivity index (χ3v) is 5.14. The lowest BCUT2D eigenvalue weighted by atomic mass is 10.2. The van der Waals surface area contributed by atoms with Crippen LogP contribution in [0.1, 0.15) is 11.3 Å². The zero-order valence-corrected chi connectivity index (χ0v) is 16.6. The van der Waals surface area contributed by atoms with Crippen molar-refractivity contribution in [2.24, 2.45) is 0 Å². The second kappa shape index (κ2) is 8.54. The SMILES string of the molecule is Cc1nn(-c2ncccn2)cc1/C=C/CN1CCN(c2cccc(Cl)c2)CC1. The van der Waals surface area contributed by atoms with Gasteiger partial charge in [-0.3, -0.25) is 4.90 Å². The number of hydrogen-bond donors (Lipinski definition) is 0. The van der Waals surface area contributed by atoms with Gasteiger partial charge in [0.05, 0.1) is 5.69 Å². The van der Waals surface area contributed by atoms with Crippen molar-refractivity contribution < 1.29 is 0 Å². The average Bonchev–Trinajstić information content (AvgIpc) is 3.10. The van der Waals surface area contributed by atoms with E-state index in [0.717, 1.165) is 49.0 Å². The van der Waals surface area contributed by atoms with E-state index in [2.05, 4.69) is 43.1 Å². The van der Waals surface area contributed by atoms with Gasteiger partial charge in [-0.25, -0.2) is 14.6 Å². The monoisotopic (exact) mass is 394 g/mol. The smallest absolute Gasteiger partial charge is 0.250 e. The molecular formula is C21H23ClN6. The fraction of sp³-hybridized carbons (Fsp3) is 0.286. The van der Waals surface area contributed by atoms with Crippen LogP contribution in [0.5, 0.6) is 0 Å². The molecule has 0 saturated carbocycles. The summed E-state index contributed by atoms with van der Waals surface area (Å²) >= 11 is 6.11. The molecule has 1 saturated heterocycles. The van der Waals surface area contributed by atoms with Crippen molar-refractivity contribution in [3.05, 3.63) is 71.3 Å². The van der Waals surface area contributed by atoms with E-state index in [4.69, 9.17) is 11.6 Å². The molecule has 3 aromatic rings. The average molecular weight is 395 g/mol. The van der Waals surface area contributed by atoms with Crippen LogP contribution in [0.25, 0.3) is 12.0 Å². The molecule has 0 unspecified atom stereocenters. The van der Waals surface area contributed by atoms with E-state index in [1.54, 1.807) is 23.1 Å². The minimum Gasteiger partial charge on any atom is -0.369 e. The van der Waals surface area contributed by atoms with Gasteiger partial charge in [-0.1, -0.05) is 29.8 Å². The van der Waals surface area contributed by atoms with E-state index in [9.17, 15) is 0 Å². The van der Waals surface area contributed by atoms with Crippen molar-refractivity contribution >= 4 is 23.4 Å². The van der Waals surface area contributed by atoms with E-state index in [-0.39, 0.29) is 0 Å². The van der Waals surface area contributed by atoms with Gasteiger partial charge in [0.15, 0.2) is 0 Å². The first-order valence-electron chi connectivity index (χ1n) is 9.42. The van der Waals surface area contributed by atoms with Crippen LogP contribution in [0.2, 0.25) is 5.02 Å². The van der Waals surface area contributed by atoms with Crippen molar-refractivity contribution in [1.29, 1.82) is 0 Å². The summed E-state index contributed by atoms with van der Waals surface area (Å²) < 4.78 is 1.72. The second-order valence-corrected chi connectivity index (χ2v) is 7.27. The molecule has 1 aliphatic heterocycles. The van der Waals surface area contributed by atoms with E-state index >= 15 is 0 Å². The maximum atomic E-state index is 6.11. The molecule has 2 aromatic heterocycles. The molecule has 1 fully saturated rings. The van der Waals surface area contributed by atoms with Crippen LogP contribution in [0, 0.1) is 6.92 Å². The summed E-state index contributed by atoms with van der Waals surface area (Å²) in [6.07, 6.45) is 9.74. The van der Waals surface area contributed by atoms with Crippen LogP contribution in [0.15, 0.2) is 55.0 Å². The number of rotatable bonds is 5. The van der Waals surface area contributed by atoms with Crippen LogP contribution in [-0.2, 0) is 0 Å². The predicted molar refractivity (Wildman–Crippen MR) is 113 cm³/mol. The second-order valence-electron chi connectivity index (χ2n) is 6.83. The molecule has 1 aromatic carbocycles. The van der Waals surface area contributed by atoms with Gasteiger partial charge in [0.1, 0.15) is 0 Å². The number of aromatic nitrogens is 4. The van der Waals surface area contributed by atoms with Crippen LogP contribution in [0.3, 0.4) is 0 Å². The van der Waals surface area contributed by atoms with Crippen molar-refractivity contribution in [2.45, 2.75) is 6.92 Å². The van der Waals surface area contributed by atoms with Gasteiger partial charge >= 0.3 is 0 Å². The Morgan fingerprint density at radius 3 is 2.61 bits per heavy atom. The number of nitrogens with zero attached hydrogens (tertiary/aromatic N) is 6. The molecule has 0 atom stereocenters. The summed E-state index contributed by atoms with van der Waals surface area (Å²) in [5.74, 6) is 0.586. The minimum absolute atomic E-state index is 0.586. The normalized spacial score (nSPS) is 15.4. The lowest BCUT2D eigenvalue weighted by Crippen LogP contribution is -2.46. The van der Waals surface area contributed by atoms with E-state index in [0.29, 0.717) is 5.95 Å². The molecule has 0 radical (unpaired) electrons. The molecular weight excluding hydrogens is 372 g/mol. The number of piperazine rings is 1. The Bertz CT molecular complexity index is 945. The standard InChI is InChI=1S/C21H23ClN6/c1-17-18(16-28(25-17)21-23-8-4-9-24-21)5-3-10-26-11-13-27(14-12-26)20-7-2-6-19(22)15-20/h2-9,15-16H,10-14H2,1H3/b5-3+. The van der Waals surface area contributed by atoms with Crippen LogP contribution in [-0.4, -0.2) is 57.4 Å². The zero-order chi connectivity index (χ0) is 19.3. The molecule has 0 spiro atoms. The lowest BCUT2D eigenvalue weighted by molar-refractivity contribution is 0.284. The number of aryl methyl sites for hydroxylation is 1. The minimum atomic E-state index is 0.586.